The van der Waals surface area contributed by atoms with E-state index in [2.05, 4.69) is 69.4 Å². The largest absolute Gasteiger partial charge is 0.0888 e. The maximum atomic E-state index is 2.53. The molecule has 1 aromatic carbocycles. The zero-order valence-electron chi connectivity index (χ0n) is 13.2. The van der Waals surface area contributed by atoms with Crippen molar-refractivity contribution >= 4 is 13.3 Å². The fourth-order valence-corrected chi connectivity index (χ4v) is 5.72. The minimum Gasteiger partial charge on any atom is -0.0888 e. The summed E-state index contributed by atoms with van der Waals surface area (Å²) in [7, 11) is -1.38. The number of allylic oxidation sites excluding steroid dienone is 2. The first-order chi connectivity index (χ1) is 9.12. The average molecular weight is 275 g/mol. The van der Waals surface area contributed by atoms with E-state index in [1.54, 1.807) is 5.19 Å². The number of benzene rings is 1. The van der Waals surface area contributed by atoms with Crippen LogP contribution in [0.4, 0.5) is 0 Å². The smallest absolute Gasteiger partial charge is 0.0873 e. The Hall–Kier alpha value is -0.823. The molecule has 0 heterocycles. The molecule has 0 fully saturated rings. The van der Waals surface area contributed by atoms with Crippen LogP contribution >= 0.6 is 0 Å². The lowest BCUT2D eigenvalue weighted by Gasteiger charge is -2.31. The van der Waals surface area contributed by atoms with Crippen LogP contribution in [0.1, 0.15) is 46.0 Å². The molecule has 0 aliphatic carbocycles. The average Bonchev–Trinajstić information content (AvgIpc) is 2.43. The third-order valence-corrected chi connectivity index (χ3v) is 8.32. The van der Waals surface area contributed by atoms with Gasteiger partial charge in [0.25, 0.3) is 0 Å². The highest BCUT2D eigenvalue weighted by Gasteiger charge is 2.31. The molecule has 0 N–H and O–H groups in total. The Labute approximate surface area is 121 Å². The SMILES string of the molecule is CC/C=C/C(CCCCC)[Si](C)(C)c1ccccc1. The second-order valence-corrected chi connectivity index (χ2v) is 10.8. The van der Waals surface area contributed by atoms with E-state index in [0.29, 0.717) is 0 Å². The molecule has 0 saturated carbocycles. The summed E-state index contributed by atoms with van der Waals surface area (Å²) in [6.07, 6.45) is 11.5. The topological polar surface area (TPSA) is 0 Å². The van der Waals surface area contributed by atoms with Gasteiger partial charge in [0.1, 0.15) is 0 Å². The number of hydrogen-bond donors (Lipinski definition) is 0. The van der Waals surface area contributed by atoms with E-state index in [0.717, 1.165) is 12.0 Å². The Bertz CT molecular complexity index is 365. The normalized spacial score (nSPS) is 13.9. The van der Waals surface area contributed by atoms with Crippen LogP contribution in [0, 0.1) is 0 Å². The fourth-order valence-electron chi connectivity index (χ4n) is 2.69. The first kappa shape index (κ1) is 16.2. The minimum absolute atomic E-state index is 0.779. The Morgan fingerprint density at radius 1 is 1.05 bits per heavy atom. The monoisotopic (exact) mass is 274 g/mol. The Morgan fingerprint density at radius 2 is 1.74 bits per heavy atom. The number of hydrogen-bond acceptors (Lipinski definition) is 0. The summed E-state index contributed by atoms with van der Waals surface area (Å²) in [6, 6.07) is 11.2. The predicted octanol–water partition coefficient (Wildman–Crippen LogP) is 5.52. The van der Waals surface area contributed by atoms with Crippen molar-refractivity contribution in [2.75, 3.05) is 0 Å². The second-order valence-electron chi connectivity index (χ2n) is 6.03. The second kappa shape index (κ2) is 8.37. The summed E-state index contributed by atoms with van der Waals surface area (Å²) >= 11 is 0. The Balaban J connectivity index is 2.85. The van der Waals surface area contributed by atoms with Crippen LogP contribution in [0.15, 0.2) is 42.5 Å². The molecule has 0 nitrogen and oxygen atoms in total. The summed E-state index contributed by atoms with van der Waals surface area (Å²) in [5.74, 6) is 0. The van der Waals surface area contributed by atoms with E-state index in [1.165, 1.54) is 25.7 Å². The maximum absolute atomic E-state index is 2.53. The van der Waals surface area contributed by atoms with Gasteiger partial charge in [-0.1, -0.05) is 93.9 Å². The molecule has 0 spiro atoms. The Morgan fingerprint density at radius 3 is 2.32 bits per heavy atom. The van der Waals surface area contributed by atoms with Crippen LogP contribution in [0.5, 0.6) is 0 Å². The molecule has 19 heavy (non-hydrogen) atoms. The zero-order valence-corrected chi connectivity index (χ0v) is 14.2. The third-order valence-electron chi connectivity index (χ3n) is 4.17. The van der Waals surface area contributed by atoms with E-state index >= 15 is 0 Å². The van der Waals surface area contributed by atoms with E-state index in [4.69, 9.17) is 0 Å². The molecule has 1 aromatic rings. The molecule has 0 amide bonds. The number of rotatable bonds is 8. The standard InChI is InChI=1S/C18H30Si/c1-5-7-10-14-17(13-8-6-2)19(3,4)18-15-11-9-12-16-18/h8-9,11-13,15-17H,5-7,10,14H2,1-4H3/b13-8+. The van der Waals surface area contributed by atoms with Crippen molar-refractivity contribution in [2.45, 2.75) is 64.6 Å². The van der Waals surface area contributed by atoms with Gasteiger partial charge in [0.15, 0.2) is 0 Å². The highest BCUT2D eigenvalue weighted by atomic mass is 28.3. The van der Waals surface area contributed by atoms with Crippen LogP contribution in [0.3, 0.4) is 0 Å². The van der Waals surface area contributed by atoms with Crippen molar-refractivity contribution in [3.63, 3.8) is 0 Å². The molecule has 1 rings (SSSR count). The molecule has 1 unspecified atom stereocenters. The van der Waals surface area contributed by atoms with Crippen LogP contribution in [-0.2, 0) is 0 Å². The predicted molar refractivity (Wildman–Crippen MR) is 90.9 cm³/mol. The molecule has 0 radical (unpaired) electrons. The summed E-state index contributed by atoms with van der Waals surface area (Å²) in [4.78, 5) is 0. The van der Waals surface area contributed by atoms with Gasteiger partial charge >= 0.3 is 0 Å². The summed E-state index contributed by atoms with van der Waals surface area (Å²) < 4.78 is 0. The number of unbranched alkanes of at least 4 members (excludes halogenated alkanes) is 2. The van der Waals surface area contributed by atoms with Crippen molar-refractivity contribution in [3.05, 3.63) is 42.5 Å². The van der Waals surface area contributed by atoms with Gasteiger partial charge in [-0.15, -0.1) is 0 Å². The van der Waals surface area contributed by atoms with Gasteiger partial charge in [0.2, 0.25) is 0 Å². The van der Waals surface area contributed by atoms with E-state index in [1.807, 2.05) is 0 Å². The lowest BCUT2D eigenvalue weighted by atomic mass is 10.1. The maximum Gasteiger partial charge on any atom is 0.0873 e. The molecule has 0 saturated heterocycles. The molecular weight excluding hydrogens is 244 g/mol. The van der Waals surface area contributed by atoms with Crippen molar-refractivity contribution in [3.8, 4) is 0 Å². The molecular formula is C18H30Si. The zero-order chi connectivity index (χ0) is 14.1. The lowest BCUT2D eigenvalue weighted by Crippen LogP contribution is -2.45. The summed E-state index contributed by atoms with van der Waals surface area (Å²) in [5.41, 5.74) is 0.779. The lowest BCUT2D eigenvalue weighted by molar-refractivity contribution is 0.666. The van der Waals surface area contributed by atoms with Gasteiger partial charge in [-0.3, -0.25) is 0 Å². The van der Waals surface area contributed by atoms with Crippen LogP contribution in [0.25, 0.3) is 0 Å². The van der Waals surface area contributed by atoms with Crippen molar-refractivity contribution in [2.24, 2.45) is 0 Å². The quantitative estimate of drug-likeness (QED) is 0.333. The molecule has 1 heteroatoms. The highest BCUT2D eigenvalue weighted by molar-refractivity contribution is 6.91. The molecule has 1 atom stereocenters. The highest BCUT2D eigenvalue weighted by Crippen LogP contribution is 2.29. The first-order valence-corrected chi connectivity index (χ1v) is 10.9. The summed E-state index contributed by atoms with van der Waals surface area (Å²) in [5, 5.41) is 1.59. The van der Waals surface area contributed by atoms with E-state index < -0.39 is 8.07 Å². The van der Waals surface area contributed by atoms with Gasteiger partial charge < -0.3 is 0 Å². The molecule has 0 aromatic heterocycles. The minimum atomic E-state index is -1.38. The molecule has 0 aliphatic rings. The van der Waals surface area contributed by atoms with Crippen LogP contribution < -0.4 is 5.19 Å². The first-order valence-electron chi connectivity index (χ1n) is 7.85. The van der Waals surface area contributed by atoms with Gasteiger partial charge in [-0.2, -0.15) is 0 Å². The van der Waals surface area contributed by atoms with Crippen molar-refractivity contribution < 1.29 is 0 Å². The Kier molecular flexibility index (Phi) is 7.15. The van der Waals surface area contributed by atoms with Gasteiger partial charge in [0.05, 0.1) is 8.07 Å². The van der Waals surface area contributed by atoms with Gasteiger partial charge in [0, 0.05) is 0 Å². The molecule has 0 bridgehead atoms. The van der Waals surface area contributed by atoms with E-state index in [-0.39, 0.29) is 0 Å². The fraction of sp³-hybridized carbons (Fsp3) is 0.556. The van der Waals surface area contributed by atoms with Gasteiger partial charge in [-0.25, -0.2) is 0 Å². The summed E-state index contributed by atoms with van der Waals surface area (Å²) in [6.45, 7) is 9.57. The van der Waals surface area contributed by atoms with E-state index in [9.17, 15) is 0 Å². The van der Waals surface area contributed by atoms with Crippen molar-refractivity contribution in [1.82, 2.24) is 0 Å². The third kappa shape index (κ3) is 4.98. The van der Waals surface area contributed by atoms with Gasteiger partial charge in [-0.05, 0) is 18.4 Å². The molecule has 0 aliphatic heterocycles. The van der Waals surface area contributed by atoms with Crippen LogP contribution in [0.2, 0.25) is 18.6 Å². The van der Waals surface area contributed by atoms with Crippen molar-refractivity contribution in [1.29, 1.82) is 0 Å². The van der Waals surface area contributed by atoms with Crippen LogP contribution in [-0.4, -0.2) is 8.07 Å². The molecule has 106 valence electrons.